The Kier molecular flexibility index (Phi) is 1.86. The molecule has 3 N–H and O–H groups in total. The summed E-state index contributed by atoms with van der Waals surface area (Å²) >= 11 is 4.93. The molecular formula is C6H5BrN4S. The van der Waals surface area contributed by atoms with Crippen LogP contribution >= 0.6 is 27.3 Å². The third-order valence-corrected chi connectivity index (χ3v) is 3.00. The molecule has 0 atom stereocenters. The van der Waals surface area contributed by atoms with Gasteiger partial charge in [-0.1, -0.05) is 0 Å². The van der Waals surface area contributed by atoms with E-state index in [0.717, 1.165) is 9.35 Å². The van der Waals surface area contributed by atoms with Crippen molar-refractivity contribution in [3.05, 3.63) is 15.9 Å². The summed E-state index contributed by atoms with van der Waals surface area (Å²) in [4.78, 5) is 5.01. The fraction of sp³-hybridized carbons (Fsp3) is 0. The van der Waals surface area contributed by atoms with Gasteiger partial charge in [0.05, 0.1) is 4.88 Å². The fourth-order valence-corrected chi connectivity index (χ4v) is 2.19. The largest absolute Gasteiger partial charge is 0.366 e. The van der Waals surface area contributed by atoms with Gasteiger partial charge < -0.3 is 5.73 Å². The van der Waals surface area contributed by atoms with E-state index in [4.69, 9.17) is 5.73 Å². The van der Waals surface area contributed by atoms with Gasteiger partial charge in [0.25, 0.3) is 0 Å². The molecule has 0 bridgehead atoms. The summed E-state index contributed by atoms with van der Waals surface area (Å²) in [7, 11) is 0. The zero-order valence-electron chi connectivity index (χ0n) is 5.91. The molecule has 4 nitrogen and oxygen atoms in total. The van der Waals surface area contributed by atoms with Crippen LogP contribution in [-0.2, 0) is 0 Å². The van der Waals surface area contributed by atoms with Crippen LogP contribution in [0.25, 0.3) is 10.7 Å². The van der Waals surface area contributed by atoms with Crippen molar-refractivity contribution < 1.29 is 0 Å². The fourth-order valence-electron chi connectivity index (χ4n) is 0.822. The third-order valence-electron chi connectivity index (χ3n) is 1.30. The number of hydrogen-bond donors (Lipinski definition) is 2. The summed E-state index contributed by atoms with van der Waals surface area (Å²) in [6, 6.07) is 1.96. The average molecular weight is 245 g/mol. The van der Waals surface area contributed by atoms with E-state index in [1.165, 1.54) is 0 Å². The summed E-state index contributed by atoms with van der Waals surface area (Å²) in [5.41, 5.74) is 5.36. The first-order valence-corrected chi connectivity index (χ1v) is 4.85. The predicted octanol–water partition coefficient (Wildman–Crippen LogP) is 1.88. The summed E-state index contributed by atoms with van der Waals surface area (Å²) in [6.07, 6.45) is 0. The summed E-state index contributed by atoms with van der Waals surface area (Å²) in [6.45, 7) is 0. The van der Waals surface area contributed by atoms with Crippen molar-refractivity contribution in [1.82, 2.24) is 15.2 Å². The number of rotatable bonds is 1. The maximum atomic E-state index is 5.36. The van der Waals surface area contributed by atoms with E-state index in [9.17, 15) is 0 Å². The lowest BCUT2D eigenvalue weighted by molar-refractivity contribution is 1.11. The lowest BCUT2D eigenvalue weighted by atomic mass is 10.4. The Morgan fingerprint density at radius 2 is 2.42 bits per heavy atom. The third kappa shape index (κ3) is 1.35. The Bertz CT molecular complexity index is 355. The number of anilines is 1. The molecule has 0 aliphatic heterocycles. The number of nitrogens with two attached hydrogens (primary N) is 1. The van der Waals surface area contributed by atoms with E-state index in [0.29, 0.717) is 5.82 Å². The van der Waals surface area contributed by atoms with Crippen molar-refractivity contribution in [3.63, 3.8) is 0 Å². The molecular weight excluding hydrogens is 240 g/mol. The van der Waals surface area contributed by atoms with Crippen LogP contribution in [0.2, 0.25) is 0 Å². The molecule has 0 unspecified atom stereocenters. The molecule has 0 aromatic carbocycles. The molecule has 0 aliphatic rings. The molecule has 62 valence electrons. The number of aromatic nitrogens is 3. The van der Waals surface area contributed by atoms with Crippen LogP contribution in [0.4, 0.5) is 5.95 Å². The SMILES string of the molecule is Nc1n[nH]c(-c2cc(Br)cs2)n1. The van der Waals surface area contributed by atoms with E-state index >= 15 is 0 Å². The predicted molar refractivity (Wildman–Crippen MR) is 51.8 cm³/mol. The molecule has 2 aromatic heterocycles. The summed E-state index contributed by atoms with van der Waals surface area (Å²) in [5.74, 6) is 0.984. The molecule has 0 amide bonds. The first-order chi connectivity index (χ1) is 5.75. The molecule has 0 spiro atoms. The van der Waals surface area contributed by atoms with Crippen LogP contribution in [-0.4, -0.2) is 15.2 Å². The Balaban J connectivity index is 2.43. The Morgan fingerprint density at radius 3 is 2.92 bits per heavy atom. The number of nitrogens with one attached hydrogen (secondary N) is 1. The number of halogens is 1. The van der Waals surface area contributed by atoms with Gasteiger partial charge in [0, 0.05) is 9.85 Å². The van der Waals surface area contributed by atoms with Gasteiger partial charge in [-0.3, -0.25) is 5.10 Å². The number of hydrogen-bond acceptors (Lipinski definition) is 4. The highest BCUT2D eigenvalue weighted by Gasteiger charge is 2.04. The van der Waals surface area contributed by atoms with E-state index in [1.807, 2.05) is 11.4 Å². The van der Waals surface area contributed by atoms with E-state index in [-0.39, 0.29) is 5.95 Å². The minimum atomic E-state index is 0.273. The van der Waals surface area contributed by atoms with Gasteiger partial charge in [-0.05, 0) is 22.0 Å². The maximum absolute atomic E-state index is 5.36. The zero-order chi connectivity index (χ0) is 8.55. The van der Waals surface area contributed by atoms with Crippen molar-refractivity contribution in [2.24, 2.45) is 0 Å². The lowest BCUT2D eigenvalue weighted by Crippen LogP contribution is -1.84. The number of thiophene rings is 1. The quantitative estimate of drug-likeness (QED) is 0.805. The van der Waals surface area contributed by atoms with Gasteiger partial charge in [-0.25, -0.2) is 0 Å². The topological polar surface area (TPSA) is 67.6 Å². The Labute approximate surface area is 81.0 Å². The van der Waals surface area contributed by atoms with Crippen LogP contribution in [0, 0.1) is 0 Å². The maximum Gasteiger partial charge on any atom is 0.239 e. The molecule has 2 heterocycles. The second kappa shape index (κ2) is 2.87. The second-order valence-corrected chi connectivity index (χ2v) is 4.00. The van der Waals surface area contributed by atoms with E-state index < -0.39 is 0 Å². The van der Waals surface area contributed by atoms with Gasteiger partial charge in [0.15, 0.2) is 5.82 Å². The molecule has 2 aromatic rings. The molecule has 0 radical (unpaired) electrons. The average Bonchev–Trinajstić information content (AvgIpc) is 2.58. The minimum absolute atomic E-state index is 0.273. The summed E-state index contributed by atoms with van der Waals surface area (Å²) in [5, 5.41) is 8.45. The monoisotopic (exact) mass is 244 g/mol. The van der Waals surface area contributed by atoms with Gasteiger partial charge in [0.2, 0.25) is 5.95 Å². The first kappa shape index (κ1) is 7.75. The molecule has 12 heavy (non-hydrogen) atoms. The number of nitrogen functional groups attached to an aromatic ring is 1. The molecule has 0 saturated heterocycles. The van der Waals surface area contributed by atoms with Crippen LogP contribution < -0.4 is 5.73 Å². The number of nitrogens with zero attached hydrogens (tertiary/aromatic N) is 2. The minimum Gasteiger partial charge on any atom is -0.366 e. The lowest BCUT2D eigenvalue weighted by Gasteiger charge is -1.84. The van der Waals surface area contributed by atoms with Crippen LogP contribution in [0.3, 0.4) is 0 Å². The standard InChI is InChI=1S/C6H5BrN4S/c7-3-1-4(12-2-3)5-9-6(8)11-10-5/h1-2H,(H3,8,9,10,11). The Morgan fingerprint density at radius 1 is 1.58 bits per heavy atom. The molecule has 6 heteroatoms. The van der Waals surface area contributed by atoms with Gasteiger partial charge >= 0.3 is 0 Å². The van der Waals surface area contributed by atoms with Crippen molar-refractivity contribution in [2.45, 2.75) is 0 Å². The van der Waals surface area contributed by atoms with E-state index in [1.54, 1.807) is 11.3 Å². The summed E-state index contributed by atoms with van der Waals surface area (Å²) < 4.78 is 1.04. The smallest absolute Gasteiger partial charge is 0.239 e. The molecule has 0 saturated carbocycles. The van der Waals surface area contributed by atoms with Gasteiger partial charge in [-0.2, -0.15) is 4.98 Å². The molecule has 0 fully saturated rings. The second-order valence-electron chi connectivity index (χ2n) is 2.17. The van der Waals surface area contributed by atoms with Crippen molar-refractivity contribution >= 4 is 33.2 Å². The highest BCUT2D eigenvalue weighted by Crippen LogP contribution is 2.27. The highest BCUT2D eigenvalue weighted by atomic mass is 79.9. The van der Waals surface area contributed by atoms with Crippen molar-refractivity contribution in [2.75, 3.05) is 5.73 Å². The molecule has 2 rings (SSSR count). The van der Waals surface area contributed by atoms with E-state index in [2.05, 4.69) is 31.1 Å². The number of aromatic amines is 1. The first-order valence-electron chi connectivity index (χ1n) is 3.18. The van der Waals surface area contributed by atoms with Crippen LogP contribution in [0.5, 0.6) is 0 Å². The zero-order valence-corrected chi connectivity index (χ0v) is 8.32. The normalized spacial score (nSPS) is 10.4. The van der Waals surface area contributed by atoms with Crippen molar-refractivity contribution in [3.8, 4) is 10.7 Å². The van der Waals surface area contributed by atoms with Crippen LogP contribution in [0.15, 0.2) is 15.9 Å². The van der Waals surface area contributed by atoms with Crippen LogP contribution in [0.1, 0.15) is 0 Å². The molecule has 0 aliphatic carbocycles. The highest BCUT2D eigenvalue weighted by molar-refractivity contribution is 9.10. The van der Waals surface area contributed by atoms with Crippen molar-refractivity contribution in [1.29, 1.82) is 0 Å². The van der Waals surface area contributed by atoms with Gasteiger partial charge in [0.1, 0.15) is 0 Å². The number of H-pyrrole nitrogens is 1. The van der Waals surface area contributed by atoms with Gasteiger partial charge in [-0.15, -0.1) is 16.4 Å². The Hall–Kier alpha value is -0.880.